The Morgan fingerprint density at radius 1 is 0.960 bits per heavy atom. The van der Waals surface area contributed by atoms with Crippen LogP contribution >= 0.6 is 0 Å². The standard InChI is InChI=1S/C19H21NO5/c1-23-16-9-7-15(8-10-16)19(22)25-13-18(21)20-12-11-14-5-3-4-6-17(14)24-2/h3-10H,11-13H2,1-2H3,(H,20,21). The van der Waals surface area contributed by atoms with Gasteiger partial charge in [0.05, 0.1) is 19.8 Å². The van der Waals surface area contributed by atoms with Gasteiger partial charge in [0, 0.05) is 6.54 Å². The summed E-state index contributed by atoms with van der Waals surface area (Å²) in [6, 6.07) is 14.1. The number of esters is 1. The van der Waals surface area contributed by atoms with Crippen LogP contribution in [0.3, 0.4) is 0 Å². The molecule has 1 N–H and O–H groups in total. The first-order valence-corrected chi connectivity index (χ1v) is 7.84. The van der Waals surface area contributed by atoms with Crippen molar-refractivity contribution >= 4 is 11.9 Å². The predicted molar refractivity (Wildman–Crippen MR) is 93.0 cm³/mol. The fraction of sp³-hybridized carbons (Fsp3) is 0.263. The van der Waals surface area contributed by atoms with Crippen molar-refractivity contribution in [3.63, 3.8) is 0 Å². The molecule has 0 unspecified atom stereocenters. The highest BCUT2D eigenvalue weighted by Gasteiger charge is 2.10. The molecular weight excluding hydrogens is 322 g/mol. The van der Waals surface area contributed by atoms with E-state index in [1.807, 2.05) is 24.3 Å². The van der Waals surface area contributed by atoms with E-state index in [-0.39, 0.29) is 12.5 Å². The van der Waals surface area contributed by atoms with Gasteiger partial charge in [-0.05, 0) is 42.3 Å². The van der Waals surface area contributed by atoms with Gasteiger partial charge in [-0.25, -0.2) is 4.79 Å². The molecule has 132 valence electrons. The first-order valence-electron chi connectivity index (χ1n) is 7.84. The van der Waals surface area contributed by atoms with Gasteiger partial charge in [-0.3, -0.25) is 4.79 Å². The van der Waals surface area contributed by atoms with Crippen molar-refractivity contribution in [1.29, 1.82) is 0 Å². The van der Waals surface area contributed by atoms with E-state index in [1.165, 1.54) is 0 Å². The summed E-state index contributed by atoms with van der Waals surface area (Å²) in [4.78, 5) is 23.7. The van der Waals surface area contributed by atoms with E-state index in [4.69, 9.17) is 14.2 Å². The summed E-state index contributed by atoms with van der Waals surface area (Å²) in [7, 11) is 3.15. The Balaban J connectivity index is 1.73. The highest BCUT2D eigenvalue weighted by molar-refractivity contribution is 5.91. The molecule has 25 heavy (non-hydrogen) atoms. The van der Waals surface area contributed by atoms with Crippen LogP contribution in [0, 0.1) is 0 Å². The van der Waals surface area contributed by atoms with Gasteiger partial charge in [0.15, 0.2) is 6.61 Å². The van der Waals surface area contributed by atoms with Gasteiger partial charge in [-0.2, -0.15) is 0 Å². The topological polar surface area (TPSA) is 73.9 Å². The zero-order valence-electron chi connectivity index (χ0n) is 14.3. The number of hydrogen-bond donors (Lipinski definition) is 1. The maximum Gasteiger partial charge on any atom is 0.338 e. The number of amides is 1. The fourth-order valence-corrected chi connectivity index (χ4v) is 2.24. The lowest BCUT2D eigenvalue weighted by Crippen LogP contribution is -2.30. The van der Waals surface area contributed by atoms with Crippen molar-refractivity contribution in [2.24, 2.45) is 0 Å². The Morgan fingerprint density at radius 2 is 1.68 bits per heavy atom. The highest BCUT2D eigenvalue weighted by atomic mass is 16.5. The second-order valence-corrected chi connectivity index (χ2v) is 5.22. The minimum Gasteiger partial charge on any atom is -0.497 e. The molecule has 0 aliphatic carbocycles. The lowest BCUT2D eigenvalue weighted by atomic mass is 10.1. The van der Waals surface area contributed by atoms with Gasteiger partial charge in [0.25, 0.3) is 5.91 Å². The Kier molecular flexibility index (Phi) is 6.83. The number of carbonyl (C=O) groups is 2. The van der Waals surface area contributed by atoms with E-state index in [0.717, 1.165) is 11.3 Å². The molecule has 1 amide bonds. The first kappa shape index (κ1) is 18.3. The molecule has 0 aliphatic heterocycles. The summed E-state index contributed by atoms with van der Waals surface area (Å²) >= 11 is 0. The molecule has 2 aromatic carbocycles. The number of carbonyl (C=O) groups excluding carboxylic acids is 2. The Bertz CT molecular complexity index is 712. The molecule has 0 heterocycles. The molecule has 2 rings (SSSR count). The van der Waals surface area contributed by atoms with Crippen LogP contribution < -0.4 is 14.8 Å². The van der Waals surface area contributed by atoms with E-state index in [9.17, 15) is 9.59 Å². The third kappa shape index (κ3) is 5.53. The highest BCUT2D eigenvalue weighted by Crippen LogP contribution is 2.17. The lowest BCUT2D eigenvalue weighted by Gasteiger charge is -2.09. The van der Waals surface area contributed by atoms with Gasteiger partial charge >= 0.3 is 5.97 Å². The summed E-state index contributed by atoms with van der Waals surface area (Å²) in [6.45, 7) is 0.107. The molecule has 0 bridgehead atoms. The molecule has 0 aliphatic rings. The van der Waals surface area contributed by atoms with Gasteiger partial charge in [-0.15, -0.1) is 0 Å². The van der Waals surface area contributed by atoms with Crippen LogP contribution in [0.4, 0.5) is 0 Å². The molecule has 0 saturated carbocycles. The van der Waals surface area contributed by atoms with E-state index >= 15 is 0 Å². The van der Waals surface area contributed by atoms with Crippen molar-refractivity contribution < 1.29 is 23.8 Å². The van der Waals surface area contributed by atoms with Gasteiger partial charge in [0.1, 0.15) is 11.5 Å². The molecule has 0 saturated heterocycles. The zero-order chi connectivity index (χ0) is 18.1. The van der Waals surface area contributed by atoms with Crippen LogP contribution in [0.15, 0.2) is 48.5 Å². The molecule has 0 radical (unpaired) electrons. The second-order valence-electron chi connectivity index (χ2n) is 5.22. The van der Waals surface area contributed by atoms with Gasteiger partial charge in [-0.1, -0.05) is 18.2 Å². The fourth-order valence-electron chi connectivity index (χ4n) is 2.24. The van der Waals surface area contributed by atoms with E-state index in [2.05, 4.69) is 5.32 Å². The monoisotopic (exact) mass is 343 g/mol. The van der Waals surface area contributed by atoms with Crippen molar-refractivity contribution in [1.82, 2.24) is 5.32 Å². The van der Waals surface area contributed by atoms with E-state index < -0.39 is 5.97 Å². The van der Waals surface area contributed by atoms with E-state index in [1.54, 1.807) is 38.5 Å². The first-order chi connectivity index (χ1) is 12.1. The van der Waals surface area contributed by atoms with Crippen LogP contribution in [-0.2, 0) is 16.0 Å². The molecule has 2 aromatic rings. The van der Waals surface area contributed by atoms with Crippen molar-refractivity contribution in [2.45, 2.75) is 6.42 Å². The van der Waals surface area contributed by atoms with Gasteiger partial charge in [0.2, 0.25) is 0 Å². The summed E-state index contributed by atoms with van der Waals surface area (Å²) < 4.78 is 15.3. The number of hydrogen-bond acceptors (Lipinski definition) is 5. The van der Waals surface area contributed by atoms with Crippen molar-refractivity contribution in [2.75, 3.05) is 27.4 Å². The lowest BCUT2D eigenvalue weighted by molar-refractivity contribution is -0.124. The Labute approximate surface area is 146 Å². The van der Waals surface area contributed by atoms with Crippen molar-refractivity contribution in [3.05, 3.63) is 59.7 Å². The van der Waals surface area contributed by atoms with Crippen LogP contribution in [-0.4, -0.2) is 39.2 Å². The smallest absolute Gasteiger partial charge is 0.338 e. The van der Waals surface area contributed by atoms with Crippen LogP contribution in [0.25, 0.3) is 0 Å². The van der Waals surface area contributed by atoms with E-state index in [0.29, 0.717) is 24.3 Å². The van der Waals surface area contributed by atoms with Crippen LogP contribution in [0.5, 0.6) is 11.5 Å². The molecule has 0 spiro atoms. The third-order valence-electron chi connectivity index (χ3n) is 3.57. The van der Waals surface area contributed by atoms with Crippen LogP contribution in [0.2, 0.25) is 0 Å². The Morgan fingerprint density at radius 3 is 2.36 bits per heavy atom. The number of methoxy groups -OCH3 is 2. The number of para-hydroxylation sites is 1. The molecule has 0 fully saturated rings. The minimum atomic E-state index is -0.553. The van der Waals surface area contributed by atoms with Gasteiger partial charge < -0.3 is 19.5 Å². The predicted octanol–water partition coefficient (Wildman–Crippen LogP) is 2.22. The zero-order valence-corrected chi connectivity index (χ0v) is 14.3. The number of benzene rings is 2. The largest absolute Gasteiger partial charge is 0.497 e. The molecular formula is C19H21NO5. The Hall–Kier alpha value is -3.02. The maximum absolute atomic E-state index is 11.9. The minimum absolute atomic E-state index is 0.323. The average Bonchev–Trinajstić information content (AvgIpc) is 2.66. The van der Waals surface area contributed by atoms with Crippen molar-refractivity contribution in [3.8, 4) is 11.5 Å². The normalized spacial score (nSPS) is 10.0. The third-order valence-corrected chi connectivity index (χ3v) is 3.57. The summed E-state index contributed by atoms with van der Waals surface area (Å²) in [5.41, 5.74) is 1.36. The summed E-state index contributed by atoms with van der Waals surface area (Å²) in [5.74, 6) is 0.521. The molecule has 0 aromatic heterocycles. The summed E-state index contributed by atoms with van der Waals surface area (Å²) in [6.07, 6.45) is 0.627. The molecule has 6 nitrogen and oxygen atoms in total. The average molecular weight is 343 g/mol. The summed E-state index contributed by atoms with van der Waals surface area (Å²) in [5, 5.41) is 2.72. The number of nitrogens with one attached hydrogen (secondary N) is 1. The number of rotatable bonds is 8. The van der Waals surface area contributed by atoms with Crippen LogP contribution in [0.1, 0.15) is 15.9 Å². The SMILES string of the molecule is COc1ccc(C(=O)OCC(=O)NCCc2ccccc2OC)cc1. The maximum atomic E-state index is 11.9. The quantitative estimate of drug-likeness (QED) is 0.744. The second kappa shape index (κ2) is 9.32. The molecule has 0 atom stereocenters. The number of ether oxygens (including phenoxy) is 3. The molecule has 6 heteroatoms.